The van der Waals surface area contributed by atoms with Crippen LogP contribution in [0, 0.1) is 0 Å². The van der Waals surface area contributed by atoms with E-state index in [2.05, 4.69) is 4.98 Å². The normalized spacial score (nSPS) is 32.9. The average Bonchev–Trinajstić information content (AvgIpc) is 2.54. The van der Waals surface area contributed by atoms with Crippen LogP contribution >= 0.6 is 11.6 Å². The number of halogens is 1. The van der Waals surface area contributed by atoms with Crippen molar-refractivity contribution in [2.45, 2.75) is 23.8 Å². The van der Waals surface area contributed by atoms with E-state index >= 15 is 0 Å². The van der Waals surface area contributed by atoms with Crippen LogP contribution in [0.1, 0.15) is 6.42 Å². The minimum absolute atomic E-state index is 0.0225. The van der Waals surface area contributed by atoms with Crippen molar-refractivity contribution < 1.29 is 14.9 Å². The maximum absolute atomic E-state index is 11.6. The molecule has 1 aliphatic rings. The van der Waals surface area contributed by atoms with E-state index in [1.807, 2.05) is 0 Å². The van der Waals surface area contributed by atoms with Gasteiger partial charge in [-0.05, 0) is 6.07 Å². The van der Waals surface area contributed by atoms with Crippen molar-refractivity contribution in [2.75, 3.05) is 12.3 Å². The summed E-state index contributed by atoms with van der Waals surface area (Å²) in [6.07, 6.45) is -0.450. The number of anilines is 1. The number of ether oxygens (including phenoxy) is 1. The fourth-order valence-electron chi connectivity index (χ4n) is 1.73. The molecule has 1 fully saturated rings. The van der Waals surface area contributed by atoms with E-state index < -0.39 is 23.1 Å². The largest absolute Gasteiger partial charge is 0.394 e. The van der Waals surface area contributed by atoms with Gasteiger partial charge in [-0.25, -0.2) is 4.79 Å². The first-order valence-corrected chi connectivity index (χ1v) is 5.35. The summed E-state index contributed by atoms with van der Waals surface area (Å²) in [6, 6.07) is 1.40. The SMILES string of the molecule is Nc1ccn([C@@]2(Cl)C[C@H](O)[C@@H](CO)O2)c(=O)n1. The number of nitrogen functional groups attached to an aromatic ring is 1. The Kier molecular flexibility index (Phi) is 3.09. The van der Waals surface area contributed by atoms with E-state index in [0.29, 0.717) is 0 Å². The van der Waals surface area contributed by atoms with Crippen molar-refractivity contribution >= 4 is 17.4 Å². The van der Waals surface area contributed by atoms with Crippen LogP contribution in [-0.4, -0.2) is 38.6 Å². The predicted molar refractivity (Wildman–Crippen MR) is 59.3 cm³/mol. The molecule has 4 N–H and O–H groups in total. The van der Waals surface area contributed by atoms with Crippen LogP contribution < -0.4 is 11.4 Å². The fraction of sp³-hybridized carbons (Fsp3) is 0.556. The summed E-state index contributed by atoms with van der Waals surface area (Å²) >= 11 is 6.11. The molecule has 7 nitrogen and oxygen atoms in total. The molecule has 2 rings (SSSR count). The number of hydrogen-bond donors (Lipinski definition) is 3. The van der Waals surface area contributed by atoms with Gasteiger partial charge in [-0.15, -0.1) is 0 Å². The molecule has 94 valence electrons. The molecule has 0 saturated carbocycles. The molecule has 1 aromatic rings. The van der Waals surface area contributed by atoms with Gasteiger partial charge in [-0.2, -0.15) is 4.98 Å². The monoisotopic (exact) mass is 261 g/mol. The van der Waals surface area contributed by atoms with Gasteiger partial charge in [0.25, 0.3) is 0 Å². The molecule has 0 spiro atoms. The summed E-state index contributed by atoms with van der Waals surface area (Å²) in [5.74, 6) is 0.0729. The summed E-state index contributed by atoms with van der Waals surface area (Å²) in [4.78, 5) is 15.1. The number of nitrogens with zero attached hydrogens (tertiary/aromatic N) is 2. The lowest BCUT2D eigenvalue weighted by Crippen LogP contribution is -2.38. The van der Waals surface area contributed by atoms with E-state index in [-0.39, 0.29) is 18.8 Å². The Balaban J connectivity index is 2.37. The van der Waals surface area contributed by atoms with Crippen LogP contribution in [-0.2, 0) is 9.92 Å². The minimum Gasteiger partial charge on any atom is -0.394 e. The zero-order valence-corrected chi connectivity index (χ0v) is 9.54. The van der Waals surface area contributed by atoms with Crippen LogP contribution in [0.25, 0.3) is 0 Å². The lowest BCUT2D eigenvalue weighted by molar-refractivity contribution is -0.0691. The van der Waals surface area contributed by atoms with Gasteiger partial charge < -0.3 is 20.7 Å². The van der Waals surface area contributed by atoms with E-state index in [0.717, 1.165) is 4.57 Å². The number of aromatic nitrogens is 2. The van der Waals surface area contributed by atoms with Gasteiger partial charge in [0.05, 0.1) is 12.7 Å². The van der Waals surface area contributed by atoms with Gasteiger partial charge in [-0.3, -0.25) is 4.57 Å². The second kappa shape index (κ2) is 4.26. The van der Waals surface area contributed by atoms with Crippen LogP contribution in [0.3, 0.4) is 0 Å². The maximum atomic E-state index is 11.6. The van der Waals surface area contributed by atoms with Crippen LogP contribution in [0.15, 0.2) is 17.1 Å². The van der Waals surface area contributed by atoms with E-state index in [9.17, 15) is 9.90 Å². The molecule has 0 amide bonds. The highest BCUT2D eigenvalue weighted by Gasteiger charge is 2.46. The summed E-state index contributed by atoms with van der Waals surface area (Å²) in [7, 11) is 0. The van der Waals surface area contributed by atoms with Crippen molar-refractivity contribution in [2.24, 2.45) is 0 Å². The fourth-order valence-corrected chi connectivity index (χ4v) is 2.13. The smallest absolute Gasteiger partial charge is 0.352 e. The molecule has 0 unspecified atom stereocenters. The van der Waals surface area contributed by atoms with Crippen molar-refractivity contribution in [3.05, 3.63) is 22.7 Å². The number of nitrogens with two attached hydrogens (primary N) is 1. The van der Waals surface area contributed by atoms with Gasteiger partial charge in [0.1, 0.15) is 11.9 Å². The second-order valence-electron chi connectivity index (χ2n) is 3.80. The third-order valence-electron chi connectivity index (χ3n) is 2.59. The zero-order valence-electron chi connectivity index (χ0n) is 8.78. The van der Waals surface area contributed by atoms with Gasteiger partial charge in [0.15, 0.2) is 0 Å². The van der Waals surface area contributed by atoms with Crippen molar-refractivity contribution in [3.8, 4) is 0 Å². The summed E-state index contributed by atoms with van der Waals surface area (Å²) < 4.78 is 6.30. The molecule has 1 aromatic heterocycles. The minimum atomic E-state index is -1.54. The van der Waals surface area contributed by atoms with Crippen molar-refractivity contribution in [1.82, 2.24) is 9.55 Å². The third-order valence-corrected chi connectivity index (χ3v) is 3.01. The Morgan fingerprint density at radius 2 is 2.47 bits per heavy atom. The average molecular weight is 262 g/mol. The Bertz CT molecular complexity index is 480. The Hall–Kier alpha value is -1.15. The van der Waals surface area contributed by atoms with Crippen LogP contribution in [0.5, 0.6) is 0 Å². The Labute approximate surface area is 101 Å². The summed E-state index contributed by atoms with van der Waals surface area (Å²) in [5, 5.41) is 17.0. The molecule has 1 aliphatic heterocycles. The van der Waals surface area contributed by atoms with Crippen molar-refractivity contribution in [3.63, 3.8) is 0 Å². The number of hydrogen-bond acceptors (Lipinski definition) is 6. The molecule has 17 heavy (non-hydrogen) atoms. The van der Waals surface area contributed by atoms with E-state index in [1.165, 1.54) is 12.3 Å². The lowest BCUT2D eigenvalue weighted by atomic mass is 10.2. The number of aliphatic hydroxyl groups is 2. The van der Waals surface area contributed by atoms with Gasteiger partial charge in [0.2, 0.25) is 5.18 Å². The first-order chi connectivity index (χ1) is 7.96. The molecule has 0 aliphatic carbocycles. The van der Waals surface area contributed by atoms with Gasteiger partial charge in [-0.1, -0.05) is 11.6 Å². The first-order valence-electron chi connectivity index (χ1n) is 4.97. The Morgan fingerprint density at radius 1 is 1.76 bits per heavy atom. The molecular weight excluding hydrogens is 250 g/mol. The molecule has 0 radical (unpaired) electrons. The number of aliphatic hydroxyl groups excluding tert-OH is 2. The van der Waals surface area contributed by atoms with Crippen LogP contribution in [0.4, 0.5) is 5.82 Å². The molecule has 3 atom stereocenters. The molecule has 0 aromatic carbocycles. The molecule has 2 heterocycles. The molecular formula is C9H12ClN3O4. The molecule has 8 heteroatoms. The molecule has 1 saturated heterocycles. The lowest BCUT2D eigenvalue weighted by Gasteiger charge is -2.23. The predicted octanol–water partition coefficient (Wildman–Crippen LogP) is -1.18. The van der Waals surface area contributed by atoms with E-state index in [4.69, 9.17) is 27.2 Å². The quantitative estimate of drug-likeness (QED) is 0.578. The van der Waals surface area contributed by atoms with Gasteiger partial charge >= 0.3 is 5.69 Å². The summed E-state index contributed by atoms with van der Waals surface area (Å²) in [5.41, 5.74) is 4.68. The maximum Gasteiger partial charge on any atom is 0.352 e. The first kappa shape index (κ1) is 12.3. The highest BCUT2D eigenvalue weighted by molar-refractivity contribution is 6.21. The zero-order chi connectivity index (χ0) is 12.6. The molecule has 0 bridgehead atoms. The highest BCUT2D eigenvalue weighted by atomic mass is 35.5. The summed E-state index contributed by atoms with van der Waals surface area (Å²) in [6.45, 7) is -0.382. The number of alkyl halides is 1. The highest BCUT2D eigenvalue weighted by Crippen LogP contribution is 2.37. The van der Waals surface area contributed by atoms with Crippen molar-refractivity contribution in [1.29, 1.82) is 0 Å². The number of rotatable bonds is 2. The Morgan fingerprint density at radius 3 is 3.00 bits per heavy atom. The second-order valence-corrected chi connectivity index (χ2v) is 4.39. The van der Waals surface area contributed by atoms with Crippen LogP contribution in [0.2, 0.25) is 0 Å². The van der Waals surface area contributed by atoms with E-state index in [1.54, 1.807) is 0 Å². The topological polar surface area (TPSA) is 111 Å². The third kappa shape index (κ3) is 2.14. The van der Waals surface area contributed by atoms with Gasteiger partial charge in [0, 0.05) is 12.6 Å². The standard InChI is InChI=1S/C9H12ClN3O4/c10-9(3-5(15)6(4-14)17-9)13-2-1-7(11)12-8(13)16/h1-2,5-6,14-15H,3-4H2,(H2,11,12,16)/t5-,6+,9-/m0/s1.